The molecule has 0 heterocycles. The van der Waals surface area contributed by atoms with Gasteiger partial charge in [-0.2, -0.15) is 0 Å². The number of amides is 1. The van der Waals surface area contributed by atoms with Crippen molar-refractivity contribution in [2.45, 2.75) is 18.7 Å². The molecule has 2 aromatic rings. The van der Waals surface area contributed by atoms with E-state index in [4.69, 9.17) is 4.74 Å². The first kappa shape index (κ1) is 20.6. The van der Waals surface area contributed by atoms with E-state index in [-0.39, 0.29) is 17.3 Å². The van der Waals surface area contributed by atoms with Gasteiger partial charge < -0.3 is 10.1 Å². The van der Waals surface area contributed by atoms with Crippen LogP contribution in [0.15, 0.2) is 47.4 Å². The first-order valence-corrected chi connectivity index (χ1v) is 9.62. The smallest absolute Gasteiger partial charge is 0.262 e. The molecule has 0 bridgehead atoms. The van der Waals surface area contributed by atoms with Gasteiger partial charge in [-0.1, -0.05) is 6.07 Å². The van der Waals surface area contributed by atoms with Gasteiger partial charge >= 0.3 is 0 Å². The number of nitrogens with one attached hydrogen (secondary N) is 1. The Morgan fingerprint density at radius 3 is 2.26 bits per heavy atom. The standard InChI is InChI=1S/C19H22N2O5S/c1-13-5-10-17(27(24,25)21(3)4)11-18(13)20-19(23)12-26-16-8-6-15(7-9-16)14(2)22/h5-11H,12H2,1-4H3,(H,20,23). The maximum absolute atomic E-state index is 12.2. The molecule has 0 radical (unpaired) electrons. The highest BCUT2D eigenvalue weighted by molar-refractivity contribution is 7.89. The predicted octanol–water partition coefficient (Wildman–Crippen LogP) is 2.47. The van der Waals surface area contributed by atoms with Gasteiger partial charge in [0.1, 0.15) is 5.75 Å². The van der Waals surface area contributed by atoms with Gasteiger partial charge in [0.05, 0.1) is 4.90 Å². The quantitative estimate of drug-likeness (QED) is 0.733. The Balaban J connectivity index is 2.06. The topological polar surface area (TPSA) is 92.8 Å². The van der Waals surface area contributed by atoms with E-state index in [1.54, 1.807) is 37.3 Å². The number of benzene rings is 2. The molecular formula is C19H22N2O5S. The van der Waals surface area contributed by atoms with E-state index in [1.165, 1.54) is 33.2 Å². The lowest BCUT2D eigenvalue weighted by Crippen LogP contribution is -2.23. The molecular weight excluding hydrogens is 368 g/mol. The van der Waals surface area contributed by atoms with Crippen molar-refractivity contribution in [3.05, 3.63) is 53.6 Å². The number of nitrogens with zero attached hydrogens (tertiary/aromatic N) is 1. The van der Waals surface area contributed by atoms with Crippen molar-refractivity contribution < 1.29 is 22.7 Å². The Hall–Kier alpha value is -2.71. The fraction of sp³-hybridized carbons (Fsp3) is 0.263. The predicted molar refractivity (Wildman–Crippen MR) is 103 cm³/mol. The van der Waals surface area contributed by atoms with Crippen molar-refractivity contribution in [1.29, 1.82) is 0 Å². The van der Waals surface area contributed by atoms with Gasteiger partial charge in [0.25, 0.3) is 5.91 Å². The molecule has 0 spiro atoms. The molecule has 0 saturated carbocycles. The van der Waals surface area contributed by atoms with Crippen LogP contribution in [0.5, 0.6) is 5.75 Å². The molecule has 2 rings (SSSR count). The van der Waals surface area contributed by atoms with Crippen molar-refractivity contribution in [2.24, 2.45) is 0 Å². The van der Waals surface area contributed by atoms with Gasteiger partial charge in [-0.25, -0.2) is 12.7 Å². The van der Waals surface area contributed by atoms with Crippen LogP contribution in [0.2, 0.25) is 0 Å². The maximum atomic E-state index is 12.2. The van der Waals surface area contributed by atoms with Crippen LogP contribution >= 0.6 is 0 Å². The van der Waals surface area contributed by atoms with Crippen LogP contribution in [0.4, 0.5) is 5.69 Å². The molecule has 1 N–H and O–H groups in total. The van der Waals surface area contributed by atoms with E-state index < -0.39 is 15.9 Å². The molecule has 1 amide bonds. The normalized spacial score (nSPS) is 11.3. The van der Waals surface area contributed by atoms with Crippen molar-refractivity contribution in [3.8, 4) is 5.75 Å². The molecule has 7 nitrogen and oxygen atoms in total. The summed E-state index contributed by atoms with van der Waals surface area (Å²) in [5.41, 5.74) is 1.69. The van der Waals surface area contributed by atoms with Crippen LogP contribution < -0.4 is 10.1 Å². The second-order valence-corrected chi connectivity index (χ2v) is 8.33. The highest BCUT2D eigenvalue weighted by Gasteiger charge is 2.18. The molecule has 0 unspecified atom stereocenters. The van der Waals surface area contributed by atoms with Crippen LogP contribution in [-0.2, 0) is 14.8 Å². The van der Waals surface area contributed by atoms with Crippen molar-refractivity contribution >= 4 is 27.4 Å². The third-order valence-corrected chi connectivity index (χ3v) is 5.70. The van der Waals surface area contributed by atoms with Crippen LogP contribution in [-0.4, -0.2) is 45.1 Å². The van der Waals surface area contributed by atoms with Crippen molar-refractivity contribution in [1.82, 2.24) is 4.31 Å². The largest absolute Gasteiger partial charge is 0.484 e. The minimum atomic E-state index is -3.60. The number of sulfonamides is 1. The summed E-state index contributed by atoms with van der Waals surface area (Å²) in [6.07, 6.45) is 0. The van der Waals surface area contributed by atoms with Crippen LogP contribution in [0.1, 0.15) is 22.8 Å². The Kier molecular flexibility index (Phi) is 6.35. The summed E-state index contributed by atoms with van der Waals surface area (Å²) in [6.45, 7) is 2.99. The zero-order valence-electron chi connectivity index (χ0n) is 15.6. The SMILES string of the molecule is CC(=O)c1ccc(OCC(=O)Nc2cc(S(=O)(=O)N(C)C)ccc2C)cc1. The summed E-state index contributed by atoms with van der Waals surface area (Å²) in [5, 5.41) is 2.66. The molecule has 0 aliphatic heterocycles. The third kappa shape index (κ3) is 5.15. The fourth-order valence-corrected chi connectivity index (χ4v) is 3.16. The molecule has 144 valence electrons. The minimum absolute atomic E-state index is 0.0534. The molecule has 0 aliphatic rings. The van der Waals surface area contributed by atoms with Crippen LogP contribution in [0.25, 0.3) is 0 Å². The first-order chi connectivity index (χ1) is 12.6. The minimum Gasteiger partial charge on any atom is -0.484 e. The number of ketones is 1. The number of aryl methyl sites for hydroxylation is 1. The molecule has 0 atom stereocenters. The Bertz CT molecular complexity index is 951. The van der Waals surface area contributed by atoms with E-state index in [2.05, 4.69) is 5.32 Å². The van der Waals surface area contributed by atoms with Gasteiger partial charge in [-0.05, 0) is 55.8 Å². The summed E-state index contributed by atoms with van der Waals surface area (Å²) in [5.74, 6) is -0.0220. The number of rotatable bonds is 7. The highest BCUT2D eigenvalue weighted by atomic mass is 32.2. The van der Waals surface area contributed by atoms with Gasteiger partial charge in [0.2, 0.25) is 10.0 Å². The van der Waals surface area contributed by atoms with Gasteiger partial charge in [-0.3, -0.25) is 9.59 Å². The average molecular weight is 390 g/mol. The van der Waals surface area contributed by atoms with E-state index in [0.717, 1.165) is 9.87 Å². The van der Waals surface area contributed by atoms with E-state index in [1.807, 2.05) is 0 Å². The monoisotopic (exact) mass is 390 g/mol. The maximum Gasteiger partial charge on any atom is 0.262 e. The summed E-state index contributed by atoms with van der Waals surface area (Å²) < 4.78 is 31.0. The Morgan fingerprint density at radius 2 is 1.70 bits per heavy atom. The summed E-state index contributed by atoms with van der Waals surface area (Å²) in [4.78, 5) is 23.5. The van der Waals surface area contributed by atoms with Gasteiger partial charge in [0.15, 0.2) is 12.4 Å². The highest BCUT2D eigenvalue weighted by Crippen LogP contribution is 2.22. The molecule has 27 heavy (non-hydrogen) atoms. The summed E-state index contributed by atoms with van der Waals surface area (Å²) in [7, 11) is -0.709. The molecule has 2 aromatic carbocycles. The Labute approximate surface area is 159 Å². The lowest BCUT2D eigenvalue weighted by atomic mass is 10.1. The van der Waals surface area contributed by atoms with Crippen LogP contribution in [0, 0.1) is 6.92 Å². The summed E-state index contributed by atoms with van der Waals surface area (Å²) >= 11 is 0. The number of hydrogen-bond acceptors (Lipinski definition) is 5. The lowest BCUT2D eigenvalue weighted by molar-refractivity contribution is -0.118. The zero-order valence-corrected chi connectivity index (χ0v) is 16.5. The van der Waals surface area contributed by atoms with Crippen molar-refractivity contribution in [3.63, 3.8) is 0 Å². The molecule has 8 heteroatoms. The summed E-state index contributed by atoms with van der Waals surface area (Å²) in [6, 6.07) is 11.0. The molecule has 0 aliphatic carbocycles. The second kappa shape index (κ2) is 8.32. The van der Waals surface area contributed by atoms with E-state index in [9.17, 15) is 18.0 Å². The Morgan fingerprint density at radius 1 is 1.07 bits per heavy atom. The van der Waals surface area contributed by atoms with E-state index >= 15 is 0 Å². The number of hydrogen-bond donors (Lipinski definition) is 1. The average Bonchev–Trinajstić information content (AvgIpc) is 2.61. The van der Waals surface area contributed by atoms with Crippen LogP contribution in [0.3, 0.4) is 0 Å². The fourth-order valence-electron chi connectivity index (χ4n) is 2.23. The van der Waals surface area contributed by atoms with Crippen molar-refractivity contribution in [2.75, 3.05) is 26.0 Å². The van der Waals surface area contributed by atoms with Gasteiger partial charge in [0, 0.05) is 25.3 Å². The first-order valence-electron chi connectivity index (χ1n) is 8.18. The van der Waals surface area contributed by atoms with Gasteiger partial charge in [-0.15, -0.1) is 0 Å². The second-order valence-electron chi connectivity index (χ2n) is 6.18. The number of Topliss-reactive ketones (excluding diaryl/α,β-unsaturated/α-hetero) is 1. The third-order valence-electron chi connectivity index (χ3n) is 3.89. The molecule has 0 aromatic heterocycles. The van der Waals surface area contributed by atoms with E-state index in [0.29, 0.717) is 17.0 Å². The lowest BCUT2D eigenvalue weighted by Gasteiger charge is -2.14. The zero-order chi connectivity index (χ0) is 20.2. The number of ether oxygens (including phenoxy) is 1. The molecule has 0 saturated heterocycles. The number of carbonyl (C=O) groups is 2. The number of anilines is 1. The number of carbonyl (C=O) groups excluding carboxylic acids is 2. The molecule has 0 fully saturated rings.